The van der Waals surface area contributed by atoms with E-state index in [2.05, 4.69) is 84.2 Å². The largest absolute Gasteiger partial charge is 0.478 e. The highest BCUT2D eigenvalue weighted by Gasteiger charge is 2.33. The molecule has 0 radical (unpaired) electrons. The molecule has 2 aromatic rings. The van der Waals surface area contributed by atoms with Gasteiger partial charge >= 0.3 is 5.97 Å². The molecule has 48 heavy (non-hydrogen) atoms. The average Bonchev–Trinajstić information content (AvgIpc) is 3.11. The van der Waals surface area contributed by atoms with Gasteiger partial charge < -0.3 is 15.0 Å². The van der Waals surface area contributed by atoms with Gasteiger partial charge in [-0.2, -0.15) is 0 Å². The molecule has 4 rings (SSSR count). The van der Waals surface area contributed by atoms with Crippen LogP contribution in [0.5, 0.6) is 0 Å². The van der Waals surface area contributed by atoms with Gasteiger partial charge in [0.05, 0.1) is 12.2 Å². The quantitative estimate of drug-likeness (QED) is 0.120. The summed E-state index contributed by atoms with van der Waals surface area (Å²) in [5.41, 5.74) is 10.2. The molecule has 266 valence electrons. The van der Waals surface area contributed by atoms with Gasteiger partial charge in [-0.05, 0) is 154 Å². The van der Waals surface area contributed by atoms with Crippen LogP contribution in [-0.4, -0.2) is 29.6 Å². The van der Waals surface area contributed by atoms with E-state index < -0.39 is 12.6 Å². The normalized spacial score (nSPS) is 21.1. The van der Waals surface area contributed by atoms with Gasteiger partial charge in [-0.3, -0.25) is 0 Å². The second kappa shape index (κ2) is 21.9. The summed E-state index contributed by atoms with van der Waals surface area (Å²) in [7, 11) is 0. The number of aliphatic carboxylic acids is 1. The van der Waals surface area contributed by atoms with Crippen LogP contribution >= 0.6 is 0 Å². The molecule has 0 aliphatic heterocycles. The summed E-state index contributed by atoms with van der Waals surface area (Å²) >= 11 is 0. The highest BCUT2D eigenvalue weighted by atomic mass is 16.4. The Kier molecular flexibility index (Phi) is 18.8. The van der Waals surface area contributed by atoms with E-state index in [0.717, 1.165) is 36.0 Å². The Morgan fingerprint density at radius 2 is 1.50 bits per heavy atom. The zero-order valence-corrected chi connectivity index (χ0v) is 31.0. The molecule has 0 amide bonds. The highest BCUT2D eigenvalue weighted by Crippen LogP contribution is 2.46. The summed E-state index contributed by atoms with van der Waals surface area (Å²) in [4.78, 5) is 17.7. The minimum absolute atomic E-state index is 0.181. The van der Waals surface area contributed by atoms with E-state index in [0.29, 0.717) is 0 Å². The topological polar surface area (TPSA) is 74.6 Å². The molecule has 0 bridgehead atoms. The van der Waals surface area contributed by atoms with Gasteiger partial charge in [0.15, 0.2) is 0 Å². The lowest BCUT2D eigenvalue weighted by atomic mass is 9.66. The van der Waals surface area contributed by atoms with Crippen LogP contribution in [0.3, 0.4) is 0 Å². The summed E-state index contributed by atoms with van der Waals surface area (Å²) in [5, 5.41) is 15.9. The fraction of sp³-hybridized carbons (Fsp3) is 0.591. The highest BCUT2D eigenvalue weighted by molar-refractivity contribution is 5.85. The Balaban J connectivity index is 0.000000790. The standard InChI is InChI=1S/C39H58.C4H6O3.CH2O/c1-7-10-11-12-30-13-23-38(29(6)26-30)37-22-24-39(32(9-3)27-37)36-20-18-35(19-21-36)34-16-14-33(15-17-34)31(8-2)25-28(4)5;1-3(2-5)4(6)7;1-2/h13,22-24,26-27,31,33-36H,4,7-12,14-21,25H2,1-3,5-6H3;5H,1-2H2,(H,6,7);1H2. The third-order valence-corrected chi connectivity index (χ3v) is 11.2. The zero-order chi connectivity index (χ0) is 35.6. The van der Waals surface area contributed by atoms with Crippen LogP contribution in [0.2, 0.25) is 0 Å². The van der Waals surface area contributed by atoms with Crippen molar-refractivity contribution in [1.29, 1.82) is 0 Å². The van der Waals surface area contributed by atoms with Crippen LogP contribution in [0, 0.1) is 30.6 Å². The first-order chi connectivity index (χ1) is 23.1. The summed E-state index contributed by atoms with van der Waals surface area (Å²) < 4.78 is 0. The third-order valence-electron chi connectivity index (χ3n) is 11.2. The molecule has 1 atom stereocenters. The lowest BCUT2D eigenvalue weighted by Crippen LogP contribution is -2.28. The van der Waals surface area contributed by atoms with E-state index in [4.69, 9.17) is 15.0 Å². The molecular formula is C44H66O4. The van der Waals surface area contributed by atoms with Crippen molar-refractivity contribution >= 4 is 12.8 Å². The van der Waals surface area contributed by atoms with E-state index >= 15 is 0 Å². The van der Waals surface area contributed by atoms with Crippen molar-refractivity contribution in [2.75, 3.05) is 6.61 Å². The molecule has 2 saturated carbocycles. The van der Waals surface area contributed by atoms with Crippen molar-refractivity contribution in [3.8, 4) is 11.1 Å². The second-order valence-electron chi connectivity index (χ2n) is 14.6. The minimum atomic E-state index is -1.15. The van der Waals surface area contributed by atoms with Crippen LogP contribution in [-0.2, 0) is 22.4 Å². The molecule has 4 nitrogen and oxygen atoms in total. The fourth-order valence-electron chi connectivity index (χ4n) is 8.41. The number of rotatable bonds is 14. The maximum atomic E-state index is 9.67. The van der Waals surface area contributed by atoms with E-state index in [9.17, 15) is 4.79 Å². The van der Waals surface area contributed by atoms with Crippen molar-refractivity contribution < 1.29 is 19.8 Å². The number of allylic oxidation sites excluding steroid dienone is 1. The fourth-order valence-corrected chi connectivity index (χ4v) is 8.41. The predicted molar refractivity (Wildman–Crippen MR) is 204 cm³/mol. The number of carboxylic acids is 1. The third kappa shape index (κ3) is 12.5. The molecule has 0 aromatic heterocycles. The molecular weight excluding hydrogens is 592 g/mol. The van der Waals surface area contributed by atoms with Crippen molar-refractivity contribution in [1.82, 2.24) is 0 Å². The molecule has 4 heteroatoms. The Labute approximate surface area is 293 Å². The van der Waals surface area contributed by atoms with Crippen LogP contribution in [0.25, 0.3) is 11.1 Å². The first kappa shape index (κ1) is 41.2. The first-order valence-electron chi connectivity index (χ1n) is 18.8. The maximum absolute atomic E-state index is 9.67. The number of aliphatic hydroxyl groups is 1. The number of aryl methyl sites for hydroxylation is 3. The van der Waals surface area contributed by atoms with Crippen molar-refractivity contribution in [3.63, 3.8) is 0 Å². The van der Waals surface area contributed by atoms with E-state index in [1.165, 1.54) is 118 Å². The first-order valence-corrected chi connectivity index (χ1v) is 18.8. The summed E-state index contributed by atoms with van der Waals surface area (Å²) in [6.07, 6.45) is 20.5. The molecule has 2 fully saturated rings. The zero-order valence-electron chi connectivity index (χ0n) is 31.0. The Bertz CT molecular complexity index is 1280. The average molecular weight is 659 g/mol. The number of benzene rings is 2. The number of unbranched alkanes of at least 4 members (excludes halogenated alkanes) is 2. The molecule has 0 spiro atoms. The van der Waals surface area contributed by atoms with Crippen molar-refractivity contribution in [3.05, 3.63) is 83.0 Å². The Hall–Kier alpha value is -2.98. The smallest absolute Gasteiger partial charge is 0.333 e. The maximum Gasteiger partial charge on any atom is 0.333 e. The number of carbonyl (C=O) groups is 2. The number of hydrogen-bond acceptors (Lipinski definition) is 3. The second-order valence-corrected chi connectivity index (χ2v) is 14.6. The van der Waals surface area contributed by atoms with Crippen molar-refractivity contribution in [2.45, 2.75) is 137 Å². The summed E-state index contributed by atoms with van der Waals surface area (Å²) in [5.74, 6) is 3.41. The van der Waals surface area contributed by atoms with Gasteiger partial charge in [-0.15, -0.1) is 6.58 Å². The lowest BCUT2D eigenvalue weighted by Gasteiger charge is -2.40. The van der Waals surface area contributed by atoms with Gasteiger partial charge in [-0.1, -0.05) is 88.6 Å². The number of carbonyl (C=O) groups excluding carboxylic acids is 1. The number of hydrogen-bond donors (Lipinski definition) is 2. The van der Waals surface area contributed by atoms with E-state index in [1.807, 2.05) is 6.79 Å². The van der Waals surface area contributed by atoms with Crippen LogP contribution in [0.4, 0.5) is 0 Å². The molecule has 2 aromatic carbocycles. The lowest BCUT2D eigenvalue weighted by molar-refractivity contribution is -0.133. The summed E-state index contributed by atoms with van der Waals surface area (Å²) in [6, 6.07) is 14.6. The molecule has 2 aliphatic rings. The van der Waals surface area contributed by atoms with Crippen LogP contribution in [0.15, 0.2) is 60.7 Å². The van der Waals surface area contributed by atoms with E-state index in [-0.39, 0.29) is 5.57 Å². The van der Waals surface area contributed by atoms with Crippen LogP contribution < -0.4 is 0 Å². The Morgan fingerprint density at radius 1 is 0.875 bits per heavy atom. The van der Waals surface area contributed by atoms with Gasteiger partial charge in [0, 0.05) is 0 Å². The SMILES string of the molecule is C=C(C)CC(CC)C1CCC(C2CCC(c3ccc(-c4ccc(CCCCC)cc4C)cc3CC)CC2)CC1.C=C(CO)C(=O)O.C=O. The van der Waals surface area contributed by atoms with Gasteiger partial charge in [0.2, 0.25) is 0 Å². The molecule has 1 unspecified atom stereocenters. The number of aliphatic hydroxyl groups excluding tert-OH is 1. The predicted octanol–water partition coefficient (Wildman–Crippen LogP) is 11.5. The molecule has 2 N–H and O–H groups in total. The molecule has 0 saturated heterocycles. The number of carboxylic acid groups (broad SMARTS) is 1. The monoisotopic (exact) mass is 658 g/mol. The Morgan fingerprint density at radius 3 is 1.98 bits per heavy atom. The minimum Gasteiger partial charge on any atom is -0.478 e. The van der Waals surface area contributed by atoms with Gasteiger partial charge in [0.25, 0.3) is 0 Å². The van der Waals surface area contributed by atoms with E-state index in [1.54, 1.807) is 11.1 Å². The van der Waals surface area contributed by atoms with Gasteiger partial charge in [-0.25, -0.2) is 4.79 Å². The molecule has 2 aliphatic carbocycles. The molecule has 0 heterocycles. The van der Waals surface area contributed by atoms with Gasteiger partial charge in [0.1, 0.15) is 6.79 Å². The summed E-state index contributed by atoms with van der Waals surface area (Å²) in [6.45, 7) is 20.3. The van der Waals surface area contributed by atoms with Crippen LogP contribution in [0.1, 0.15) is 139 Å². The van der Waals surface area contributed by atoms with Crippen molar-refractivity contribution in [2.24, 2.45) is 23.7 Å².